The molecule has 0 spiro atoms. The van der Waals surface area contributed by atoms with Gasteiger partial charge in [0.2, 0.25) is 0 Å². The van der Waals surface area contributed by atoms with E-state index >= 15 is 0 Å². The van der Waals surface area contributed by atoms with Crippen LogP contribution >= 0.6 is 0 Å². The van der Waals surface area contributed by atoms with E-state index in [1.807, 2.05) is 34.0 Å². The predicted octanol–water partition coefficient (Wildman–Crippen LogP) is 14.1. The van der Waals surface area contributed by atoms with E-state index < -0.39 is 5.41 Å². The van der Waals surface area contributed by atoms with Crippen LogP contribution in [-0.4, -0.2) is 62.9 Å². The highest BCUT2D eigenvalue weighted by Gasteiger charge is 2.59. The zero-order chi connectivity index (χ0) is 45.4. The van der Waals surface area contributed by atoms with E-state index in [9.17, 15) is 9.59 Å². The molecule has 0 saturated heterocycles. The molecule has 4 unspecified atom stereocenters. The SMILES string of the molecule is CC(C)CCC[C@@H](C)[C@H]1CCC2C3CC=C4C[C@@H](OCCCCCC(OC(=O)CCCN(C)C)C(C)(C)C(C)(C)/C=C/COC(=O)C(C)(C)C(C)C)CC[C@]4(C)C3CC[C@@]21C. The molecule has 3 saturated carbocycles. The largest absolute Gasteiger partial charge is 0.462 e. The molecule has 0 bridgehead atoms. The predicted molar refractivity (Wildman–Crippen MR) is 255 cm³/mol. The van der Waals surface area contributed by atoms with E-state index in [2.05, 4.69) is 93.2 Å². The van der Waals surface area contributed by atoms with Crippen LogP contribution < -0.4 is 0 Å². The maximum Gasteiger partial charge on any atom is 0.312 e. The molecule has 61 heavy (non-hydrogen) atoms. The van der Waals surface area contributed by atoms with Crippen molar-refractivity contribution in [3.63, 3.8) is 0 Å². The van der Waals surface area contributed by atoms with Crippen LogP contribution in [0.15, 0.2) is 23.8 Å². The van der Waals surface area contributed by atoms with Gasteiger partial charge in [-0.05, 0) is 169 Å². The van der Waals surface area contributed by atoms with Crippen LogP contribution in [0.3, 0.4) is 0 Å². The third-order valence-electron chi connectivity index (χ3n) is 18.3. The minimum Gasteiger partial charge on any atom is -0.462 e. The maximum atomic E-state index is 13.2. The van der Waals surface area contributed by atoms with Crippen molar-refractivity contribution in [3.8, 4) is 0 Å². The molecule has 6 heteroatoms. The molecule has 0 radical (unpaired) electrons. The number of carbonyl (C=O) groups excluding carboxylic acids is 2. The fraction of sp³-hybridized carbons (Fsp3) is 0.891. The van der Waals surface area contributed by atoms with E-state index in [0.717, 1.165) is 87.2 Å². The first-order valence-corrected chi connectivity index (χ1v) is 25.5. The van der Waals surface area contributed by atoms with Gasteiger partial charge in [-0.1, -0.05) is 126 Å². The van der Waals surface area contributed by atoms with E-state index in [-0.39, 0.29) is 41.4 Å². The summed E-state index contributed by atoms with van der Waals surface area (Å²) >= 11 is 0. The monoisotopic (exact) mass is 852 g/mol. The first-order valence-electron chi connectivity index (χ1n) is 25.5. The van der Waals surface area contributed by atoms with Gasteiger partial charge >= 0.3 is 11.9 Å². The maximum absolute atomic E-state index is 13.2. The zero-order valence-corrected chi connectivity index (χ0v) is 42.6. The van der Waals surface area contributed by atoms with Crippen molar-refractivity contribution in [3.05, 3.63) is 23.8 Å². The molecule has 4 aliphatic carbocycles. The number of esters is 2. The molecule has 0 aromatic heterocycles. The van der Waals surface area contributed by atoms with Gasteiger partial charge in [-0.2, -0.15) is 0 Å². The Morgan fingerprint density at radius 2 is 1.57 bits per heavy atom. The number of rotatable bonds is 24. The highest BCUT2D eigenvalue weighted by molar-refractivity contribution is 5.76. The second-order valence-electron chi connectivity index (χ2n) is 24.1. The molecule has 0 amide bonds. The fourth-order valence-corrected chi connectivity index (χ4v) is 12.5. The quantitative estimate of drug-likeness (QED) is 0.0547. The highest BCUT2D eigenvalue weighted by atomic mass is 16.5. The average Bonchev–Trinajstić information content (AvgIpc) is 3.54. The molecule has 352 valence electrons. The summed E-state index contributed by atoms with van der Waals surface area (Å²) in [5, 5.41) is 0. The summed E-state index contributed by atoms with van der Waals surface area (Å²) in [4.78, 5) is 28.1. The van der Waals surface area contributed by atoms with Gasteiger partial charge < -0.3 is 19.1 Å². The minimum absolute atomic E-state index is 0.114. The number of allylic oxidation sites excluding steroid dienone is 2. The number of unbranched alkanes of at least 4 members (excludes halogenated alkanes) is 2. The van der Waals surface area contributed by atoms with Gasteiger partial charge in [-0.25, -0.2) is 0 Å². The van der Waals surface area contributed by atoms with Gasteiger partial charge in [-0.15, -0.1) is 0 Å². The van der Waals surface area contributed by atoms with Gasteiger partial charge in [0, 0.05) is 18.4 Å². The molecule has 0 aromatic rings. The molecule has 0 aromatic carbocycles. The Balaban J connectivity index is 1.28. The third-order valence-corrected chi connectivity index (χ3v) is 18.3. The zero-order valence-electron chi connectivity index (χ0n) is 42.6. The van der Waals surface area contributed by atoms with Crippen LogP contribution in [0.2, 0.25) is 0 Å². The third kappa shape index (κ3) is 12.8. The second kappa shape index (κ2) is 22.0. The summed E-state index contributed by atoms with van der Waals surface area (Å²) in [6.07, 6.45) is 26.9. The number of ether oxygens (including phenoxy) is 3. The number of nitrogens with zero attached hydrogens (tertiary/aromatic N) is 1. The fourth-order valence-electron chi connectivity index (χ4n) is 12.5. The molecule has 3 fully saturated rings. The lowest BCUT2D eigenvalue weighted by molar-refractivity contribution is -0.160. The van der Waals surface area contributed by atoms with E-state index in [4.69, 9.17) is 14.2 Å². The van der Waals surface area contributed by atoms with Crippen molar-refractivity contribution < 1.29 is 23.8 Å². The molecular weight excluding hydrogens is 755 g/mol. The number of fused-ring (bicyclic) bond motifs is 5. The van der Waals surface area contributed by atoms with Gasteiger partial charge in [0.05, 0.1) is 11.5 Å². The van der Waals surface area contributed by atoms with Crippen LogP contribution in [0.25, 0.3) is 0 Å². The summed E-state index contributed by atoms with van der Waals surface area (Å²) in [6.45, 7) is 31.4. The Hall–Kier alpha value is -1.66. The molecule has 4 aliphatic rings. The Morgan fingerprint density at radius 1 is 0.852 bits per heavy atom. The lowest BCUT2D eigenvalue weighted by atomic mass is 9.47. The minimum atomic E-state index is -0.530. The van der Waals surface area contributed by atoms with Crippen molar-refractivity contribution in [2.24, 2.45) is 68.5 Å². The average molecular weight is 852 g/mol. The van der Waals surface area contributed by atoms with Gasteiger partial charge in [0.15, 0.2) is 0 Å². The van der Waals surface area contributed by atoms with Crippen LogP contribution in [0.5, 0.6) is 0 Å². The summed E-state index contributed by atoms with van der Waals surface area (Å²) in [5.74, 6) is 5.14. The molecule has 0 N–H and O–H groups in total. The molecule has 4 rings (SSSR count). The normalized spacial score (nSPS) is 29.3. The van der Waals surface area contributed by atoms with Crippen molar-refractivity contribution >= 4 is 11.9 Å². The molecule has 0 aliphatic heterocycles. The lowest BCUT2D eigenvalue weighted by Crippen LogP contribution is -2.51. The molecule has 9 atom stereocenters. The van der Waals surface area contributed by atoms with Crippen LogP contribution in [0.1, 0.15) is 199 Å². The summed E-state index contributed by atoms with van der Waals surface area (Å²) in [7, 11) is 4.07. The van der Waals surface area contributed by atoms with Gasteiger partial charge in [0.25, 0.3) is 0 Å². The summed E-state index contributed by atoms with van der Waals surface area (Å²) in [6, 6.07) is 0. The van der Waals surface area contributed by atoms with Gasteiger partial charge in [0.1, 0.15) is 12.7 Å². The highest BCUT2D eigenvalue weighted by Crippen LogP contribution is 2.67. The number of carbonyl (C=O) groups is 2. The van der Waals surface area contributed by atoms with Crippen molar-refractivity contribution in [2.45, 2.75) is 211 Å². The smallest absolute Gasteiger partial charge is 0.312 e. The van der Waals surface area contributed by atoms with Crippen LogP contribution in [-0.2, 0) is 23.8 Å². The standard InChI is InChI=1S/C55H97NO5/c1-39(2)22-19-23-41(5)45-28-29-46-44-27-26-42-38-43(30-33-54(42,12)47(44)31-34-55(45,46)13)59-36-18-16-17-24-48(61-49(57)25-20-35-56(14)15)53(10,11)51(6,7)32-21-37-60-50(58)52(8,9)40(3)4/h21,26,32,39-41,43-48H,16-20,22-25,27-31,33-38H2,1-15H3/b32-21+/t41-,43+,44?,45-,46?,47?,48?,54+,55-/m1/s1. The van der Waals surface area contributed by atoms with Crippen LogP contribution in [0, 0.1) is 68.5 Å². The first-order chi connectivity index (χ1) is 28.5. The van der Waals surface area contributed by atoms with Crippen LogP contribution in [0.4, 0.5) is 0 Å². The van der Waals surface area contributed by atoms with Crippen molar-refractivity contribution in [2.75, 3.05) is 33.9 Å². The van der Waals surface area contributed by atoms with Gasteiger partial charge in [-0.3, -0.25) is 9.59 Å². The lowest BCUT2D eigenvalue weighted by Gasteiger charge is -2.58. The number of hydrogen-bond donors (Lipinski definition) is 0. The Kier molecular flexibility index (Phi) is 18.8. The Bertz CT molecular complexity index is 1460. The summed E-state index contributed by atoms with van der Waals surface area (Å²) < 4.78 is 18.7. The molecule has 0 heterocycles. The van der Waals surface area contributed by atoms with E-state index in [0.29, 0.717) is 23.4 Å². The second-order valence-corrected chi connectivity index (χ2v) is 24.1. The Morgan fingerprint density at radius 3 is 2.25 bits per heavy atom. The van der Waals surface area contributed by atoms with Crippen molar-refractivity contribution in [1.29, 1.82) is 0 Å². The number of hydrogen-bond acceptors (Lipinski definition) is 6. The molecule has 6 nitrogen and oxygen atoms in total. The summed E-state index contributed by atoms with van der Waals surface area (Å²) in [5.41, 5.74) is 1.43. The van der Waals surface area contributed by atoms with E-state index in [1.165, 1.54) is 64.2 Å². The first kappa shape index (κ1) is 52.0. The van der Waals surface area contributed by atoms with E-state index in [1.54, 1.807) is 5.57 Å². The van der Waals surface area contributed by atoms with Crippen molar-refractivity contribution in [1.82, 2.24) is 4.90 Å². The Labute approximate surface area is 376 Å². The molecular formula is C55H97NO5. The topological polar surface area (TPSA) is 65.1 Å².